The lowest BCUT2D eigenvalue weighted by atomic mass is 9.78. The van der Waals surface area contributed by atoms with Crippen LogP contribution in [-0.2, 0) is 0 Å². The summed E-state index contributed by atoms with van der Waals surface area (Å²) in [6, 6.07) is 33.6. The molecule has 8 rings (SSSR count). The van der Waals surface area contributed by atoms with Crippen LogP contribution >= 0.6 is 0 Å². The molecule has 0 N–H and O–H groups in total. The van der Waals surface area contributed by atoms with E-state index in [1.165, 1.54) is 117 Å². The van der Waals surface area contributed by atoms with Crippen LogP contribution in [0.4, 0.5) is 15.8 Å². The molecule has 256 valence electrons. The topological polar surface area (TPSA) is 6.48 Å². The van der Waals surface area contributed by atoms with Gasteiger partial charge in [0.05, 0.1) is 18.8 Å². The summed E-state index contributed by atoms with van der Waals surface area (Å²) in [5.74, 6) is 1.60. The van der Waals surface area contributed by atoms with Crippen LogP contribution in [0.3, 0.4) is 0 Å². The highest BCUT2D eigenvalue weighted by atomic mass is 19.1. The highest BCUT2D eigenvalue weighted by Crippen LogP contribution is 2.53. The Labute approximate surface area is 294 Å². The van der Waals surface area contributed by atoms with Crippen LogP contribution in [0.1, 0.15) is 160 Å². The van der Waals surface area contributed by atoms with Crippen molar-refractivity contribution in [2.45, 2.75) is 133 Å². The van der Waals surface area contributed by atoms with E-state index in [1.54, 1.807) is 17.2 Å². The third kappa shape index (κ3) is 6.67. The van der Waals surface area contributed by atoms with Crippen molar-refractivity contribution in [2.75, 3.05) is 16.5 Å². The maximum Gasteiger partial charge on any atom is 0.123 e. The van der Waals surface area contributed by atoms with E-state index in [4.69, 9.17) is 0 Å². The zero-order valence-corrected chi connectivity index (χ0v) is 29.6. The minimum atomic E-state index is -0.107. The second-order valence-corrected chi connectivity index (χ2v) is 15.8. The number of anilines is 2. The predicted octanol–water partition coefficient (Wildman–Crippen LogP) is 13.0. The minimum absolute atomic E-state index is 0.0908. The van der Waals surface area contributed by atoms with E-state index in [-0.39, 0.29) is 17.9 Å². The van der Waals surface area contributed by atoms with Crippen molar-refractivity contribution >= 4 is 11.4 Å². The lowest BCUT2D eigenvalue weighted by Gasteiger charge is -2.36. The molecule has 3 aliphatic carbocycles. The molecule has 0 bridgehead atoms. The van der Waals surface area contributed by atoms with Crippen LogP contribution in [-0.4, -0.2) is 6.67 Å². The molecule has 0 aromatic heterocycles. The van der Waals surface area contributed by atoms with Gasteiger partial charge in [-0.05, 0) is 115 Å². The predicted molar refractivity (Wildman–Crippen MR) is 203 cm³/mol. The van der Waals surface area contributed by atoms with Crippen molar-refractivity contribution in [2.24, 2.45) is 0 Å². The summed E-state index contributed by atoms with van der Waals surface area (Å²) < 4.78 is 15.2. The fourth-order valence-corrected chi connectivity index (χ4v) is 10.3. The number of nitrogens with zero attached hydrogens (tertiary/aromatic N) is 2. The average Bonchev–Trinajstić information content (AvgIpc) is 3.56. The molecule has 4 aliphatic rings. The van der Waals surface area contributed by atoms with Gasteiger partial charge in [0, 0.05) is 11.4 Å². The molecule has 4 fully saturated rings. The Hall–Kier alpha value is -3.59. The van der Waals surface area contributed by atoms with Gasteiger partial charge in [0.15, 0.2) is 0 Å². The Bertz CT molecular complexity index is 1680. The summed E-state index contributed by atoms with van der Waals surface area (Å²) in [5, 5.41) is 0. The lowest BCUT2D eigenvalue weighted by molar-refractivity contribution is 0.435. The SMILES string of the molecule is Cc1cc(C2CCCCC2)cc(C2CCCCC2)c1N1CN(c2ccc(F)cc2C2CCCCC2)[C@@H](c2ccccc2)[C@@H]1c1ccccc1. The van der Waals surface area contributed by atoms with E-state index in [1.807, 2.05) is 6.07 Å². The van der Waals surface area contributed by atoms with Crippen LogP contribution in [0.5, 0.6) is 0 Å². The number of rotatable bonds is 7. The largest absolute Gasteiger partial charge is 0.344 e. The second-order valence-electron chi connectivity index (χ2n) is 15.8. The normalized spacial score (nSPS) is 22.9. The molecule has 0 radical (unpaired) electrons. The van der Waals surface area contributed by atoms with Gasteiger partial charge in [-0.1, -0.05) is 131 Å². The van der Waals surface area contributed by atoms with Gasteiger partial charge >= 0.3 is 0 Å². The van der Waals surface area contributed by atoms with Crippen LogP contribution < -0.4 is 9.80 Å². The van der Waals surface area contributed by atoms with Gasteiger partial charge in [-0.2, -0.15) is 0 Å². The standard InChI is InChI=1S/C46H55FN2/c1-33-29-39(34-17-7-2-8-18-34)30-42(36-21-11-4-12-22-36)44(33)49-32-48(43-28-27-40(47)31-41(43)35-19-9-3-10-20-35)45(37-23-13-5-14-24-37)46(49)38-25-15-6-16-26-38/h5-6,13-16,23-31,34-36,45-46H,2-4,7-12,17-22,32H2,1H3/t45-,46-/m0/s1. The second kappa shape index (κ2) is 14.7. The summed E-state index contributed by atoms with van der Waals surface area (Å²) >= 11 is 0. The van der Waals surface area contributed by atoms with Crippen LogP contribution in [0, 0.1) is 12.7 Å². The van der Waals surface area contributed by atoms with Crippen molar-refractivity contribution in [1.82, 2.24) is 0 Å². The van der Waals surface area contributed by atoms with Crippen molar-refractivity contribution in [3.8, 4) is 0 Å². The zero-order chi connectivity index (χ0) is 33.2. The molecular formula is C46H55FN2. The number of hydrogen-bond acceptors (Lipinski definition) is 2. The van der Waals surface area contributed by atoms with Gasteiger partial charge in [-0.15, -0.1) is 0 Å². The molecule has 1 heterocycles. The van der Waals surface area contributed by atoms with Crippen molar-refractivity contribution in [3.05, 3.63) is 130 Å². The Morgan fingerprint density at radius 1 is 0.490 bits per heavy atom. The molecule has 0 unspecified atom stereocenters. The summed E-state index contributed by atoms with van der Waals surface area (Å²) in [6.45, 7) is 3.19. The molecule has 1 saturated heterocycles. The molecule has 49 heavy (non-hydrogen) atoms. The van der Waals surface area contributed by atoms with E-state index in [2.05, 4.69) is 95.6 Å². The molecule has 3 heteroatoms. The van der Waals surface area contributed by atoms with E-state index >= 15 is 4.39 Å². The molecule has 0 spiro atoms. The summed E-state index contributed by atoms with van der Waals surface area (Å²) in [6.07, 6.45) is 19.5. The maximum atomic E-state index is 15.2. The van der Waals surface area contributed by atoms with Gasteiger partial charge in [0.2, 0.25) is 0 Å². The van der Waals surface area contributed by atoms with E-state index in [0.717, 1.165) is 19.5 Å². The molecule has 4 aromatic carbocycles. The molecular weight excluding hydrogens is 600 g/mol. The fourth-order valence-electron chi connectivity index (χ4n) is 10.3. The Morgan fingerprint density at radius 2 is 1.00 bits per heavy atom. The first-order valence-electron chi connectivity index (χ1n) is 19.7. The fraction of sp³-hybridized carbons (Fsp3) is 0.478. The van der Waals surface area contributed by atoms with Gasteiger partial charge in [-0.3, -0.25) is 0 Å². The van der Waals surface area contributed by atoms with Crippen LogP contribution in [0.2, 0.25) is 0 Å². The molecule has 1 aliphatic heterocycles. The highest BCUT2D eigenvalue weighted by Gasteiger charge is 2.45. The average molecular weight is 655 g/mol. The van der Waals surface area contributed by atoms with Gasteiger partial charge in [0.1, 0.15) is 5.82 Å². The first-order valence-corrected chi connectivity index (χ1v) is 19.7. The van der Waals surface area contributed by atoms with Crippen LogP contribution in [0.25, 0.3) is 0 Å². The first kappa shape index (κ1) is 32.6. The quantitative estimate of drug-likeness (QED) is 0.196. The van der Waals surface area contributed by atoms with E-state index in [9.17, 15) is 0 Å². The van der Waals surface area contributed by atoms with Crippen molar-refractivity contribution in [3.63, 3.8) is 0 Å². The van der Waals surface area contributed by atoms with Crippen molar-refractivity contribution < 1.29 is 4.39 Å². The molecule has 0 amide bonds. The summed E-state index contributed by atoms with van der Waals surface area (Å²) in [4.78, 5) is 5.44. The molecule has 3 saturated carbocycles. The highest BCUT2D eigenvalue weighted by molar-refractivity contribution is 5.69. The Kier molecular flexibility index (Phi) is 9.79. The Morgan fingerprint density at radius 3 is 1.57 bits per heavy atom. The van der Waals surface area contributed by atoms with Crippen molar-refractivity contribution in [1.29, 1.82) is 0 Å². The Balaban J connectivity index is 1.32. The number of hydrogen-bond donors (Lipinski definition) is 0. The number of halogens is 1. The van der Waals surface area contributed by atoms with Gasteiger partial charge in [0.25, 0.3) is 0 Å². The summed E-state index contributed by atoms with van der Waals surface area (Å²) in [7, 11) is 0. The number of aryl methyl sites for hydroxylation is 1. The third-order valence-electron chi connectivity index (χ3n) is 12.7. The smallest absolute Gasteiger partial charge is 0.123 e. The summed E-state index contributed by atoms with van der Waals surface area (Å²) in [5.41, 5.74) is 11.2. The number of benzene rings is 4. The lowest BCUT2D eigenvalue weighted by Crippen LogP contribution is -2.29. The van der Waals surface area contributed by atoms with Gasteiger partial charge < -0.3 is 9.80 Å². The monoisotopic (exact) mass is 654 g/mol. The molecule has 2 atom stereocenters. The molecule has 4 aromatic rings. The van der Waals surface area contributed by atoms with Gasteiger partial charge in [-0.25, -0.2) is 4.39 Å². The zero-order valence-electron chi connectivity index (χ0n) is 29.6. The minimum Gasteiger partial charge on any atom is -0.344 e. The molecule has 2 nitrogen and oxygen atoms in total. The first-order chi connectivity index (χ1) is 24.2. The van der Waals surface area contributed by atoms with E-state index < -0.39 is 0 Å². The maximum absolute atomic E-state index is 15.2. The van der Waals surface area contributed by atoms with Crippen LogP contribution in [0.15, 0.2) is 91.0 Å². The third-order valence-corrected chi connectivity index (χ3v) is 12.7. The van der Waals surface area contributed by atoms with E-state index in [0.29, 0.717) is 17.8 Å².